The molecule has 0 spiro atoms. The van der Waals surface area contributed by atoms with Gasteiger partial charge in [0, 0.05) is 4.47 Å². The monoisotopic (exact) mass is 317 g/mol. The molecule has 1 aromatic heterocycles. The molecule has 2 N–H and O–H groups in total. The van der Waals surface area contributed by atoms with Crippen LogP contribution in [0.5, 0.6) is 11.6 Å². The SMILES string of the molecule is Nc1ncc(Cl)c(Oc2cc(Br)ccc2F)n1. The van der Waals surface area contributed by atoms with Crippen LogP contribution in [0.15, 0.2) is 28.9 Å². The minimum atomic E-state index is -0.526. The average molecular weight is 319 g/mol. The molecular formula is C10H6BrClFN3O. The van der Waals surface area contributed by atoms with E-state index in [1.165, 1.54) is 18.3 Å². The van der Waals surface area contributed by atoms with Gasteiger partial charge in [0.1, 0.15) is 5.02 Å². The molecule has 0 radical (unpaired) electrons. The molecule has 0 aliphatic carbocycles. The smallest absolute Gasteiger partial charge is 0.243 e. The number of ether oxygens (including phenoxy) is 1. The van der Waals surface area contributed by atoms with E-state index in [0.29, 0.717) is 4.47 Å². The van der Waals surface area contributed by atoms with E-state index in [2.05, 4.69) is 25.9 Å². The van der Waals surface area contributed by atoms with Crippen LogP contribution in [-0.2, 0) is 0 Å². The third-order valence-corrected chi connectivity index (χ3v) is 2.58. The normalized spacial score (nSPS) is 10.3. The summed E-state index contributed by atoms with van der Waals surface area (Å²) in [6, 6.07) is 4.28. The van der Waals surface area contributed by atoms with Gasteiger partial charge < -0.3 is 10.5 Å². The highest BCUT2D eigenvalue weighted by molar-refractivity contribution is 9.10. The Morgan fingerprint density at radius 2 is 2.18 bits per heavy atom. The summed E-state index contributed by atoms with van der Waals surface area (Å²) in [5.41, 5.74) is 5.39. The zero-order valence-electron chi connectivity index (χ0n) is 8.32. The molecule has 0 atom stereocenters. The van der Waals surface area contributed by atoms with Gasteiger partial charge in [0.15, 0.2) is 11.6 Å². The molecule has 0 unspecified atom stereocenters. The number of hydrogen-bond acceptors (Lipinski definition) is 4. The van der Waals surface area contributed by atoms with Crippen molar-refractivity contribution in [2.75, 3.05) is 5.73 Å². The number of hydrogen-bond donors (Lipinski definition) is 1. The summed E-state index contributed by atoms with van der Waals surface area (Å²) in [4.78, 5) is 7.44. The van der Waals surface area contributed by atoms with Crippen molar-refractivity contribution in [2.45, 2.75) is 0 Å². The van der Waals surface area contributed by atoms with Crippen LogP contribution in [0.3, 0.4) is 0 Å². The van der Waals surface area contributed by atoms with Crippen molar-refractivity contribution in [2.24, 2.45) is 0 Å². The molecule has 0 saturated carbocycles. The molecular weight excluding hydrogens is 312 g/mol. The van der Waals surface area contributed by atoms with Crippen molar-refractivity contribution in [3.8, 4) is 11.6 Å². The summed E-state index contributed by atoms with van der Waals surface area (Å²) in [6.45, 7) is 0. The molecule has 0 saturated heterocycles. The number of aromatic nitrogens is 2. The maximum absolute atomic E-state index is 13.4. The molecule has 4 nitrogen and oxygen atoms in total. The summed E-state index contributed by atoms with van der Waals surface area (Å²) < 4.78 is 19.3. The summed E-state index contributed by atoms with van der Waals surface area (Å²) in [6.07, 6.45) is 1.29. The highest BCUT2D eigenvalue weighted by Crippen LogP contribution is 2.30. The van der Waals surface area contributed by atoms with Crippen molar-refractivity contribution < 1.29 is 9.13 Å². The first-order valence-electron chi connectivity index (χ1n) is 4.47. The number of nitrogens with two attached hydrogens (primary N) is 1. The van der Waals surface area contributed by atoms with Crippen LogP contribution in [0.1, 0.15) is 0 Å². The Hall–Kier alpha value is -1.40. The Kier molecular flexibility index (Phi) is 3.44. The van der Waals surface area contributed by atoms with Crippen LogP contribution in [0.2, 0.25) is 5.02 Å². The van der Waals surface area contributed by atoms with Crippen molar-refractivity contribution in [1.82, 2.24) is 9.97 Å². The Morgan fingerprint density at radius 3 is 2.94 bits per heavy atom. The van der Waals surface area contributed by atoms with E-state index in [0.717, 1.165) is 0 Å². The standard InChI is InChI=1S/C10H6BrClFN3O/c11-5-1-2-7(13)8(3-5)17-9-6(12)4-15-10(14)16-9/h1-4H,(H2,14,15,16). The molecule has 0 amide bonds. The van der Waals surface area contributed by atoms with Gasteiger partial charge in [0.25, 0.3) is 0 Å². The fourth-order valence-electron chi connectivity index (χ4n) is 1.10. The Bertz CT molecular complexity index is 518. The minimum Gasteiger partial charge on any atom is -0.434 e. The highest BCUT2D eigenvalue weighted by Gasteiger charge is 2.10. The molecule has 7 heteroatoms. The van der Waals surface area contributed by atoms with Crippen LogP contribution < -0.4 is 10.5 Å². The van der Waals surface area contributed by atoms with Crippen molar-refractivity contribution in [1.29, 1.82) is 0 Å². The third kappa shape index (κ3) is 2.83. The van der Waals surface area contributed by atoms with E-state index in [-0.39, 0.29) is 22.6 Å². The van der Waals surface area contributed by atoms with E-state index in [4.69, 9.17) is 22.1 Å². The molecule has 17 heavy (non-hydrogen) atoms. The van der Waals surface area contributed by atoms with Gasteiger partial charge in [-0.3, -0.25) is 0 Å². The second-order valence-electron chi connectivity index (χ2n) is 3.06. The van der Waals surface area contributed by atoms with E-state index in [1.54, 1.807) is 6.07 Å². The molecule has 0 aliphatic rings. The largest absolute Gasteiger partial charge is 0.434 e. The number of rotatable bonds is 2. The van der Waals surface area contributed by atoms with Gasteiger partial charge in [0.2, 0.25) is 11.8 Å². The zero-order chi connectivity index (χ0) is 12.4. The molecule has 0 bridgehead atoms. The predicted octanol–water partition coefficient (Wildman–Crippen LogP) is 3.41. The predicted molar refractivity (Wildman–Crippen MR) is 65.6 cm³/mol. The minimum absolute atomic E-state index is 0.000181. The Morgan fingerprint density at radius 1 is 1.41 bits per heavy atom. The lowest BCUT2D eigenvalue weighted by Gasteiger charge is -2.07. The Labute approximate surface area is 110 Å². The van der Waals surface area contributed by atoms with Crippen LogP contribution in [0.4, 0.5) is 10.3 Å². The van der Waals surface area contributed by atoms with Gasteiger partial charge in [-0.15, -0.1) is 0 Å². The summed E-state index contributed by atoms with van der Waals surface area (Å²) >= 11 is 9.00. The highest BCUT2D eigenvalue weighted by atomic mass is 79.9. The number of benzene rings is 1. The fourth-order valence-corrected chi connectivity index (χ4v) is 1.57. The lowest BCUT2D eigenvalue weighted by molar-refractivity contribution is 0.427. The second-order valence-corrected chi connectivity index (χ2v) is 4.38. The lowest BCUT2D eigenvalue weighted by atomic mass is 10.3. The molecule has 0 fully saturated rings. The maximum atomic E-state index is 13.4. The van der Waals surface area contributed by atoms with Gasteiger partial charge in [-0.25, -0.2) is 9.37 Å². The molecule has 1 heterocycles. The first-order valence-corrected chi connectivity index (χ1v) is 5.64. The number of anilines is 1. The van der Waals surface area contributed by atoms with Gasteiger partial charge in [0.05, 0.1) is 6.20 Å². The van der Waals surface area contributed by atoms with Gasteiger partial charge in [-0.2, -0.15) is 4.98 Å². The molecule has 88 valence electrons. The molecule has 1 aromatic carbocycles. The molecule has 2 aromatic rings. The first kappa shape index (κ1) is 12.1. The fraction of sp³-hybridized carbons (Fsp3) is 0. The van der Waals surface area contributed by atoms with Crippen LogP contribution in [0, 0.1) is 5.82 Å². The quantitative estimate of drug-likeness (QED) is 0.922. The van der Waals surface area contributed by atoms with E-state index in [1.807, 2.05) is 0 Å². The zero-order valence-corrected chi connectivity index (χ0v) is 10.7. The topological polar surface area (TPSA) is 61.0 Å². The third-order valence-electron chi connectivity index (χ3n) is 1.83. The van der Waals surface area contributed by atoms with E-state index < -0.39 is 5.82 Å². The number of nitrogen functional groups attached to an aromatic ring is 1. The summed E-state index contributed by atoms with van der Waals surface area (Å²) in [5.74, 6) is -0.517. The number of nitrogens with zero attached hydrogens (tertiary/aromatic N) is 2. The number of halogens is 3. The summed E-state index contributed by atoms with van der Waals surface area (Å²) in [5, 5.41) is 0.151. The summed E-state index contributed by atoms with van der Waals surface area (Å²) in [7, 11) is 0. The molecule has 2 rings (SSSR count). The van der Waals surface area contributed by atoms with Gasteiger partial charge in [-0.05, 0) is 18.2 Å². The first-order chi connectivity index (χ1) is 8.06. The van der Waals surface area contributed by atoms with Crippen LogP contribution >= 0.6 is 27.5 Å². The van der Waals surface area contributed by atoms with Crippen molar-refractivity contribution in [3.63, 3.8) is 0 Å². The second kappa shape index (κ2) is 4.85. The Balaban J connectivity index is 2.37. The maximum Gasteiger partial charge on any atom is 0.243 e. The van der Waals surface area contributed by atoms with Gasteiger partial charge >= 0.3 is 0 Å². The van der Waals surface area contributed by atoms with E-state index in [9.17, 15) is 4.39 Å². The average Bonchev–Trinajstić information content (AvgIpc) is 2.28. The van der Waals surface area contributed by atoms with E-state index >= 15 is 0 Å². The van der Waals surface area contributed by atoms with Crippen LogP contribution in [-0.4, -0.2) is 9.97 Å². The van der Waals surface area contributed by atoms with Gasteiger partial charge in [-0.1, -0.05) is 27.5 Å². The van der Waals surface area contributed by atoms with Crippen LogP contribution in [0.25, 0.3) is 0 Å². The lowest BCUT2D eigenvalue weighted by Crippen LogP contribution is -1.98. The van der Waals surface area contributed by atoms with Crippen molar-refractivity contribution in [3.05, 3.63) is 39.7 Å². The van der Waals surface area contributed by atoms with Crippen molar-refractivity contribution >= 4 is 33.5 Å². The molecule has 0 aliphatic heterocycles.